The van der Waals surface area contributed by atoms with Crippen LogP contribution in [-0.4, -0.2) is 36.8 Å². The Kier molecular flexibility index (Phi) is 7.55. The predicted octanol–water partition coefficient (Wildman–Crippen LogP) is 3.27. The average Bonchev–Trinajstić information content (AvgIpc) is 2.47. The molecule has 0 saturated carbocycles. The van der Waals surface area contributed by atoms with Crippen molar-refractivity contribution in [1.29, 1.82) is 0 Å². The van der Waals surface area contributed by atoms with Crippen LogP contribution in [0.3, 0.4) is 0 Å². The number of Topliss-reactive ketones (excluding diaryl/α,β-unsaturated/α-hetero) is 1. The van der Waals surface area contributed by atoms with Crippen LogP contribution in [-0.2, 0) is 9.53 Å². The summed E-state index contributed by atoms with van der Waals surface area (Å²) < 4.78 is 10.3. The van der Waals surface area contributed by atoms with E-state index in [0.29, 0.717) is 23.6 Å². The third kappa shape index (κ3) is 5.10. The molecule has 0 fully saturated rings. The van der Waals surface area contributed by atoms with Gasteiger partial charge >= 0.3 is 0 Å². The molecule has 0 aliphatic heterocycles. The lowest BCUT2D eigenvalue weighted by molar-refractivity contribution is -0.119. The smallest absolute Gasteiger partial charge is 0.250 e. The highest BCUT2D eigenvalue weighted by atomic mass is 79.9. The Labute approximate surface area is 139 Å². The number of benzene rings is 1. The summed E-state index contributed by atoms with van der Waals surface area (Å²) in [6.45, 7) is 6.19. The van der Waals surface area contributed by atoms with Crippen molar-refractivity contribution in [2.75, 3.05) is 25.6 Å². The van der Waals surface area contributed by atoms with Gasteiger partial charge in [0.25, 0.3) is 0 Å². The fourth-order valence-electron chi connectivity index (χ4n) is 1.83. The zero-order chi connectivity index (χ0) is 16.7. The maximum atomic E-state index is 12.4. The van der Waals surface area contributed by atoms with Crippen molar-refractivity contribution in [3.05, 3.63) is 23.8 Å². The number of nitrogens with one attached hydrogen (secondary N) is 1. The number of alkyl halides is 1. The van der Waals surface area contributed by atoms with Crippen LogP contribution < -0.4 is 10.1 Å². The van der Waals surface area contributed by atoms with E-state index in [-0.39, 0.29) is 29.0 Å². The SMILES string of the molecule is CCOc1cc(C(=O)C(Br)C(C)C)ccc1NC(=O)COC. The van der Waals surface area contributed by atoms with Gasteiger partial charge in [-0.15, -0.1) is 0 Å². The number of hydrogen-bond donors (Lipinski definition) is 1. The molecule has 1 atom stereocenters. The highest BCUT2D eigenvalue weighted by molar-refractivity contribution is 9.10. The van der Waals surface area contributed by atoms with E-state index in [1.54, 1.807) is 18.2 Å². The molecule has 0 bridgehead atoms. The summed E-state index contributed by atoms with van der Waals surface area (Å²) in [5.74, 6) is 0.374. The zero-order valence-corrected chi connectivity index (χ0v) is 14.9. The molecular formula is C16H22BrNO4. The number of methoxy groups -OCH3 is 1. The Morgan fingerprint density at radius 3 is 2.55 bits per heavy atom. The molecule has 1 amide bonds. The molecule has 0 aromatic heterocycles. The highest BCUT2D eigenvalue weighted by Crippen LogP contribution is 2.28. The van der Waals surface area contributed by atoms with Gasteiger partial charge < -0.3 is 14.8 Å². The number of hydrogen-bond acceptors (Lipinski definition) is 4. The summed E-state index contributed by atoms with van der Waals surface area (Å²) in [5.41, 5.74) is 1.07. The van der Waals surface area contributed by atoms with Gasteiger partial charge in [-0.1, -0.05) is 29.8 Å². The van der Waals surface area contributed by atoms with E-state index in [9.17, 15) is 9.59 Å². The van der Waals surface area contributed by atoms with Gasteiger partial charge in [0.05, 0.1) is 17.1 Å². The fourth-order valence-corrected chi connectivity index (χ4v) is 2.10. The quantitative estimate of drug-likeness (QED) is 0.562. The molecule has 1 aromatic carbocycles. The topological polar surface area (TPSA) is 64.6 Å². The van der Waals surface area contributed by atoms with Crippen molar-refractivity contribution >= 4 is 33.3 Å². The van der Waals surface area contributed by atoms with Crippen LogP contribution in [0.25, 0.3) is 0 Å². The minimum atomic E-state index is -0.275. The van der Waals surface area contributed by atoms with Gasteiger partial charge in [0.15, 0.2) is 5.78 Å². The van der Waals surface area contributed by atoms with Crippen molar-refractivity contribution in [1.82, 2.24) is 0 Å². The first-order valence-corrected chi connectivity index (χ1v) is 8.06. The molecule has 0 aliphatic carbocycles. The summed E-state index contributed by atoms with van der Waals surface area (Å²) in [7, 11) is 1.45. The second kappa shape index (κ2) is 8.90. The van der Waals surface area contributed by atoms with Crippen LogP contribution in [0.5, 0.6) is 5.75 Å². The molecule has 6 heteroatoms. The van der Waals surface area contributed by atoms with Gasteiger partial charge in [-0.25, -0.2) is 0 Å². The number of halogens is 1. The molecule has 122 valence electrons. The van der Waals surface area contributed by atoms with E-state index >= 15 is 0 Å². The summed E-state index contributed by atoms with van der Waals surface area (Å²) in [6.07, 6.45) is 0. The van der Waals surface area contributed by atoms with Crippen LogP contribution >= 0.6 is 15.9 Å². The molecule has 0 aliphatic rings. The second-order valence-corrected chi connectivity index (χ2v) is 6.12. The summed E-state index contributed by atoms with van der Waals surface area (Å²) in [6, 6.07) is 5.01. The normalized spacial score (nSPS) is 12.1. The third-order valence-electron chi connectivity index (χ3n) is 2.95. The van der Waals surface area contributed by atoms with E-state index in [4.69, 9.17) is 9.47 Å². The van der Waals surface area contributed by atoms with Crippen LogP contribution in [0.2, 0.25) is 0 Å². The standard InChI is InChI=1S/C16H22BrNO4/c1-5-22-13-8-11(16(20)15(17)10(2)3)6-7-12(13)18-14(19)9-21-4/h6-8,10,15H,5,9H2,1-4H3,(H,18,19). The van der Waals surface area contributed by atoms with E-state index in [1.165, 1.54) is 7.11 Å². The van der Waals surface area contributed by atoms with Crippen LogP contribution in [0, 0.1) is 5.92 Å². The number of ether oxygens (including phenoxy) is 2. The van der Waals surface area contributed by atoms with Gasteiger partial charge in [-0.2, -0.15) is 0 Å². The minimum Gasteiger partial charge on any atom is -0.492 e. The lowest BCUT2D eigenvalue weighted by atomic mass is 10.0. The maximum Gasteiger partial charge on any atom is 0.250 e. The first-order valence-electron chi connectivity index (χ1n) is 7.14. The van der Waals surface area contributed by atoms with Gasteiger partial charge in [0, 0.05) is 12.7 Å². The minimum absolute atomic E-state index is 0.00859. The molecule has 0 saturated heterocycles. The van der Waals surface area contributed by atoms with Crippen molar-refractivity contribution in [2.24, 2.45) is 5.92 Å². The molecule has 1 N–H and O–H groups in total. The summed E-state index contributed by atoms with van der Waals surface area (Å²) in [4.78, 5) is 23.7. The van der Waals surface area contributed by atoms with Crippen molar-refractivity contribution in [3.63, 3.8) is 0 Å². The number of ketones is 1. The Morgan fingerprint density at radius 2 is 2.00 bits per heavy atom. The number of rotatable bonds is 8. The summed E-state index contributed by atoms with van der Waals surface area (Å²) in [5, 5.41) is 2.70. The average molecular weight is 372 g/mol. The lowest BCUT2D eigenvalue weighted by Gasteiger charge is -2.15. The van der Waals surface area contributed by atoms with E-state index in [2.05, 4.69) is 21.2 Å². The second-order valence-electron chi connectivity index (χ2n) is 5.14. The molecule has 22 heavy (non-hydrogen) atoms. The third-order valence-corrected chi connectivity index (χ3v) is 4.42. The van der Waals surface area contributed by atoms with Crippen molar-refractivity contribution in [2.45, 2.75) is 25.6 Å². The van der Waals surface area contributed by atoms with E-state index in [0.717, 1.165) is 0 Å². The molecule has 1 aromatic rings. The molecule has 1 rings (SSSR count). The number of anilines is 1. The maximum absolute atomic E-state index is 12.4. The van der Waals surface area contributed by atoms with Gasteiger partial charge in [-0.3, -0.25) is 9.59 Å². The Morgan fingerprint density at radius 1 is 1.32 bits per heavy atom. The van der Waals surface area contributed by atoms with Gasteiger partial charge in [0.1, 0.15) is 12.4 Å². The van der Waals surface area contributed by atoms with Crippen LogP contribution in [0.1, 0.15) is 31.1 Å². The summed E-state index contributed by atoms with van der Waals surface area (Å²) >= 11 is 3.41. The molecule has 1 unspecified atom stereocenters. The van der Waals surface area contributed by atoms with E-state index in [1.807, 2.05) is 20.8 Å². The number of carbonyl (C=O) groups is 2. The first-order chi connectivity index (χ1) is 10.4. The van der Waals surface area contributed by atoms with Gasteiger partial charge in [-0.05, 0) is 31.0 Å². The van der Waals surface area contributed by atoms with Crippen molar-refractivity contribution in [3.8, 4) is 5.75 Å². The molecular weight excluding hydrogens is 350 g/mol. The first kappa shape index (κ1) is 18.6. The lowest BCUT2D eigenvalue weighted by Crippen LogP contribution is -2.21. The molecule has 0 heterocycles. The Bertz CT molecular complexity index is 531. The van der Waals surface area contributed by atoms with E-state index < -0.39 is 0 Å². The fraction of sp³-hybridized carbons (Fsp3) is 0.500. The monoisotopic (exact) mass is 371 g/mol. The largest absolute Gasteiger partial charge is 0.492 e. The van der Waals surface area contributed by atoms with Crippen molar-refractivity contribution < 1.29 is 19.1 Å². The molecule has 0 spiro atoms. The highest BCUT2D eigenvalue weighted by Gasteiger charge is 2.21. The van der Waals surface area contributed by atoms with Crippen LogP contribution in [0.4, 0.5) is 5.69 Å². The van der Waals surface area contributed by atoms with Gasteiger partial charge in [0.2, 0.25) is 5.91 Å². The Hall–Kier alpha value is -1.40. The van der Waals surface area contributed by atoms with Crippen LogP contribution in [0.15, 0.2) is 18.2 Å². The number of carbonyl (C=O) groups excluding carboxylic acids is 2. The molecule has 5 nitrogen and oxygen atoms in total. The predicted molar refractivity (Wildman–Crippen MR) is 90.0 cm³/mol. The molecule has 0 radical (unpaired) electrons. The number of amides is 1. The zero-order valence-electron chi connectivity index (χ0n) is 13.3. The Balaban J connectivity index is 3.03.